The van der Waals surface area contributed by atoms with Gasteiger partial charge in [-0.2, -0.15) is 10.2 Å². The van der Waals surface area contributed by atoms with Crippen molar-refractivity contribution in [1.82, 2.24) is 24.7 Å². The van der Waals surface area contributed by atoms with Crippen molar-refractivity contribution >= 4 is 10.0 Å². The Labute approximate surface area is 117 Å². The molecule has 0 spiro atoms. The molecule has 0 aliphatic heterocycles. The van der Waals surface area contributed by atoms with Gasteiger partial charge in [0.05, 0.1) is 17.6 Å². The maximum atomic E-state index is 12.2. The Kier molecular flexibility index (Phi) is 4.21. The van der Waals surface area contributed by atoms with Crippen molar-refractivity contribution in [3.05, 3.63) is 29.3 Å². The summed E-state index contributed by atoms with van der Waals surface area (Å²) >= 11 is 0. The van der Waals surface area contributed by atoms with Gasteiger partial charge in [0.2, 0.25) is 10.0 Å². The van der Waals surface area contributed by atoms with Crippen molar-refractivity contribution in [3.63, 3.8) is 0 Å². The molecule has 0 saturated heterocycles. The van der Waals surface area contributed by atoms with E-state index in [1.165, 1.54) is 0 Å². The van der Waals surface area contributed by atoms with Crippen LogP contribution in [-0.4, -0.2) is 34.9 Å². The van der Waals surface area contributed by atoms with E-state index in [0.717, 1.165) is 5.56 Å². The van der Waals surface area contributed by atoms with Crippen molar-refractivity contribution < 1.29 is 8.42 Å². The Morgan fingerprint density at radius 3 is 2.85 bits per heavy atom. The minimum absolute atomic E-state index is 0.0726. The van der Waals surface area contributed by atoms with E-state index in [1.54, 1.807) is 17.8 Å². The number of nitrogens with zero attached hydrogens (tertiary/aromatic N) is 3. The van der Waals surface area contributed by atoms with Crippen molar-refractivity contribution in [2.24, 2.45) is 12.8 Å². The standard InChI is InChI=1S/C11H18N6O2S/c1-8-11(10(5-12)16-15-8)20(18,19)14-4-3-9-6-13-17(2)7-9/h6-7,14H,3-5,12H2,1-2H3,(H,15,16). The molecule has 20 heavy (non-hydrogen) atoms. The first-order chi connectivity index (χ1) is 9.44. The quantitative estimate of drug-likeness (QED) is 0.660. The second-order valence-electron chi connectivity index (χ2n) is 4.50. The van der Waals surface area contributed by atoms with Crippen LogP contribution in [0.15, 0.2) is 17.3 Å². The van der Waals surface area contributed by atoms with Crippen molar-refractivity contribution in [3.8, 4) is 0 Å². The molecule has 2 aromatic heterocycles. The molecule has 0 amide bonds. The zero-order valence-corrected chi connectivity index (χ0v) is 12.2. The number of nitrogens with two attached hydrogens (primary N) is 1. The molecule has 0 unspecified atom stereocenters. The van der Waals surface area contributed by atoms with Crippen LogP contribution in [0.4, 0.5) is 0 Å². The third kappa shape index (κ3) is 3.06. The fraction of sp³-hybridized carbons (Fsp3) is 0.455. The predicted octanol–water partition coefficient (Wildman–Crippen LogP) is -0.569. The van der Waals surface area contributed by atoms with Crippen LogP contribution in [-0.2, 0) is 30.0 Å². The topological polar surface area (TPSA) is 119 Å². The molecule has 0 radical (unpaired) electrons. The lowest BCUT2D eigenvalue weighted by molar-refractivity contribution is 0.580. The molecule has 4 N–H and O–H groups in total. The molecule has 8 nitrogen and oxygen atoms in total. The van der Waals surface area contributed by atoms with Gasteiger partial charge in [-0.3, -0.25) is 9.78 Å². The van der Waals surface area contributed by atoms with Crippen molar-refractivity contribution in [1.29, 1.82) is 0 Å². The van der Waals surface area contributed by atoms with Gasteiger partial charge in [-0.1, -0.05) is 0 Å². The smallest absolute Gasteiger partial charge is 0.244 e. The highest BCUT2D eigenvalue weighted by Crippen LogP contribution is 2.16. The summed E-state index contributed by atoms with van der Waals surface area (Å²) in [6.45, 7) is 2.02. The lowest BCUT2D eigenvalue weighted by Crippen LogP contribution is -2.27. The predicted molar refractivity (Wildman–Crippen MR) is 73.3 cm³/mol. The molecule has 110 valence electrons. The molecule has 0 aliphatic carbocycles. The number of aryl methyl sites for hydroxylation is 2. The van der Waals surface area contributed by atoms with Crippen LogP contribution in [0.25, 0.3) is 0 Å². The number of sulfonamides is 1. The summed E-state index contributed by atoms with van der Waals surface area (Å²) in [7, 11) is -1.79. The molecule has 2 aromatic rings. The molecule has 0 aromatic carbocycles. The number of rotatable bonds is 6. The zero-order valence-electron chi connectivity index (χ0n) is 11.4. The first-order valence-electron chi connectivity index (χ1n) is 6.15. The van der Waals surface area contributed by atoms with Crippen LogP contribution in [0, 0.1) is 6.92 Å². The van der Waals surface area contributed by atoms with Crippen LogP contribution in [0.1, 0.15) is 17.0 Å². The molecule has 2 rings (SSSR count). The molecule has 9 heteroatoms. The fourth-order valence-electron chi connectivity index (χ4n) is 1.97. The Bertz CT molecular complexity index is 688. The second-order valence-corrected chi connectivity index (χ2v) is 6.20. The van der Waals surface area contributed by atoms with E-state index in [2.05, 4.69) is 20.0 Å². The largest absolute Gasteiger partial charge is 0.325 e. The normalized spacial score (nSPS) is 11.9. The number of H-pyrrole nitrogens is 1. The maximum Gasteiger partial charge on any atom is 0.244 e. The minimum Gasteiger partial charge on any atom is -0.325 e. The van der Waals surface area contributed by atoms with Gasteiger partial charge in [-0.25, -0.2) is 13.1 Å². The van der Waals surface area contributed by atoms with E-state index in [9.17, 15) is 8.42 Å². The van der Waals surface area contributed by atoms with Crippen LogP contribution >= 0.6 is 0 Å². The van der Waals surface area contributed by atoms with Gasteiger partial charge < -0.3 is 5.73 Å². The third-order valence-corrected chi connectivity index (χ3v) is 4.55. The summed E-state index contributed by atoms with van der Waals surface area (Å²) in [5, 5.41) is 10.6. The van der Waals surface area contributed by atoms with Gasteiger partial charge in [0.25, 0.3) is 0 Å². The molecule has 2 heterocycles. The molecular formula is C11H18N6O2S. The van der Waals surface area contributed by atoms with E-state index in [1.807, 2.05) is 13.2 Å². The van der Waals surface area contributed by atoms with Gasteiger partial charge in [0.15, 0.2) is 0 Å². The van der Waals surface area contributed by atoms with Gasteiger partial charge >= 0.3 is 0 Å². The summed E-state index contributed by atoms with van der Waals surface area (Å²) in [6, 6.07) is 0. The minimum atomic E-state index is -3.60. The molecular weight excluding hydrogens is 280 g/mol. The fourth-order valence-corrected chi connectivity index (χ4v) is 3.37. The number of hydrogen-bond donors (Lipinski definition) is 3. The highest BCUT2D eigenvalue weighted by atomic mass is 32.2. The van der Waals surface area contributed by atoms with E-state index in [0.29, 0.717) is 24.4 Å². The molecule has 0 fully saturated rings. The Morgan fingerprint density at radius 1 is 1.50 bits per heavy atom. The molecule has 0 atom stereocenters. The average molecular weight is 298 g/mol. The highest BCUT2D eigenvalue weighted by Gasteiger charge is 2.23. The zero-order chi connectivity index (χ0) is 14.8. The average Bonchev–Trinajstić information content (AvgIpc) is 2.95. The molecule has 0 aliphatic rings. The number of nitrogens with one attached hydrogen (secondary N) is 2. The van der Waals surface area contributed by atoms with E-state index in [-0.39, 0.29) is 11.4 Å². The van der Waals surface area contributed by atoms with Gasteiger partial charge in [-0.05, 0) is 18.9 Å². The molecule has 0 saturated carbocycles. The van der Waals surface area contributed by atoms with Crippen molar-refractivity contribution in [2.45, 2.75) is 24.8 Å². The Hall–Kier alpha value is -1.71. The molecule has 0 bridgehead atoms. The summed E-state index contributed by atoms with van der Waals surface area (Å²) in [4.78, 5) is 0.145. The van der Waals surface area contributed by atoms with Crippen molar-refractivity contribution in [2.75, 3.05) is 6.54 Å². The van der Waals surface area contributed by atoms with Crippen LogP contribution in [0.5, 0.6) is 0 Å². The summed E-state index contributed by atoms with van der Waals surface area (Å²) in [6.07, 6.45) is 4.13. The van der Waals surface area contributed by atoms with E-state index in [4.69, 9.17) is 5.73 Å². The lowest BCUT2D eigenvalue weighted by atomic mass is 10.3. The monoisotopic (exact) mass is 298 g/mol. The number of hydrogen-bond acceptors (Lipinski definition) is 5. The Morgan fingerprint density at radius 2 is 2.25 bits per heavy atom. The number of aromatic amines is 1. The van der Waals surface area contributed by atoms with Crippen LogP contribution < -0.4 is 10.5 Å². The SMILES string of the molecule is Cc1[nH]nc(CN)c1S(=O)(=O)NCCc1cnn(C)c1. The second kappa shape index (κ2) is 5.73. The summed E-state index contributed by atoms with van der Waals surface area (Å²) in [5.74, 6) is 0. The van der Waals surface area contributed by atoms with Crippen LogP contribution in [0.2, 0.25) is 0 Å². The summed E-state index contributed by atoms with van der Waals surface area (Å²) < 4.78 is 28.7. The maximum absolute atomic E-state index is 12.2. The third-order valence-electron chi connectivity index (χ3n) is 2.89. The highest BCUT2D eigenvalue weighted by molar-refractivity contribution is 7.89. The number of aromatic nitrogens is 4. The van der Waals surface area contributed by atoms with E-state index < -0.39 is 10.0 Å². The summed E-state index contributed by atoms with van der Waals surface area (Å²) in [5.41, 5.74) is 7.30. The van der Waals surface area contributed by atoms with Crippen LogP contribution in [0.3, 0.4) is 0 Å². The lowest BCUT2D eigenvalue weighted by Gasteiger charge is -2.06. The first kappa shape index (κ1) is 14.7. The van der Waals surface area contributed by atoms with E-state index >= 15 is 0 Å². The first-order valence-corrected chi connectivity index (χ1v) is 7.63. The Balaban J connectivity index is 2.06. The van der Waals surface area contributed by atoms with Gasteiger partial charge in [0.1, 0.15) is 4.90 Å². The van der Waals surface area contributed by atoms with Gasteiger partial charge in [0, 0.05) is 26.3 Å². The van der Waals surface area contributed by atoms with Gasteiger partial charge in [-0.15, -0.1) is 0 Å².